The highest BCUT2D eigenvalue weighted by atomic mass is 31.2. The minimum atomic E-state index is -4.69. The number of carboxylic acids is 1. The first-order chi connectivity index (χ1) is 15.1. The first-order valence-corrected chi connectivity index (χ1v) is 12.6. The van der Waals surface area contributed by atoms with E-state index in [9.17, 15) is 34.1 Å². The number of hydrogen-bond acceptors (Lipinski definition) is 8. The quantitative estimate of drug-likeness (QED) is 0.115. The monoisotopic (exact) mass is 483 g/mol. The number of carbonyl (C=O) groups excluding carboxylic acids is 2. The molecule has 0 bridgehead atoms. The van der Waals surface area contributed by atoms with Crippen LogP contribution < -0.4 is 5.32 Å². The van der Waals surface area contributed by atoms with Crippen molar-refractivity contribution in [1.82, 2.24) is 5.32 Å². The Morgan fingerprint density at radius 3 is 2.03 bits per heavy atom. The van der Waals surface area contributed by atoms with Crippen molar-refractivity contribution in [2.45, 2.75) is 90.2 Å². The number of phosphoric ester groups is 1. The number of esters is 1. The third-order valence-electron chi connectivity index (χ3n) is 4.45. The van der Waals surface area contributed by atoms with Gasteiger partial charge in [-0.1, -0.05) is 58.8 Å². The molecule has 0 aromatic carbocycles. The fourth-order valence-corrected chi connectivity index (χ4v) is 3.36. The molecule has 11 nitrogen and oxygen atoms in total. The predicted octanol–water partition coefficient (Wildman–Crippen LogP) is 2.53. The van der Waals surface area contributed by atoms with Gasteiger partial charge < -0.3 is 25.2 Å². The van der Waals surface area contributed by atoms with E-state index in [4.69, 9.17) is 0 Å². The van der Waals surface area contributed by atoms with Crippen LogP contribution in [0.2, 0.25) is 0 Å². The minimum absolute atomic E-state index is 0.108. The second-order valence-corrected chi connectivity index (χ2v) is 8.89. The van der Waals surface area contributed by atoms with Crippen LogP contribution in [0.3, 0.4) is 0 Å². The molecule has 1 amide bonds. The van der Waals surface area contributed by atoms with E-state index in [2.05, 4.69) is 26.0 Å². The van der Waals surface area contributed by atoms with Gasteiger partial charge in [0.2, 0.25) is 5.91 Å². The van der Waals surface area contributed by atoms with Gasteiger partial charge in [-0.25, -0.2) is 9.36 Å². The summed E-state index contributed by atoms with van der Waals surface area (Å²) in [6.07, 6.45) is 7.28. The molecule has 12 heteroatoms. The Labute approximate surface area is 189 Å². The molecule has 0 spiro atoms. The summed E-state index contributed by atoms with van der Waals surface area (Å²) in [5, 5.41) is 21.0. The van der Waals surface area contributed by atoms with E-state index >= 15 is 0 Å². The van der Waals surface area contributed by atoms with Crippen LogP contribution in [-0.2, 0) is 32.7 Å². The summed E-state index contributed by atoms with van der Waals surface area (Å²) in [5.41, 5.74) is 0. The first kappa shape index (κ1) is 30.5. The molecule has 3 unspecified atom stereocenters. The SMILES string of the molecule is CCCCCCCCCCC(=O)NC(COP(=O)(O)OCC(O)COC(=O)CC)C(=O)O. The lowest BCUT2D eigenvalue weighted by atomic mass is 10.1. The lowest BCUT2D eigenvalue weighted by Gasteiger charge is -2.18. The molecule has 0 rings (SSSR count). The maximum absolute atomic E-state index is 12.0. The molecule has 4 N–H and O–H groups in total. The number of amides is 1. The fourth-order valence-electron chi connectivity index (χ4n) is 2.59. The van der Waals surface area contributed by atoms with E-state index in [-0.39, 0.29) is 12.8 Å². The topological polar surface area (TPSA) is 169 Å². The standard InChI is InChI=1S/C20H38NO10P/c1-3-5-6-7-8-9-10-11-12-18(23)21-17(20(25)26)15-31-32(27,28)30-14-16(22)13-29-19(24)4-2/h16-17,22H,3-15H2,1-2H3,(H,21,23)(H,25,26)(H,27,28). The van der Waals surface area contributed by atoms with E-state index in [0.717, 1.165) is 19.3 Å². The van der Waals surface area contributed by atoms with Crippen LogP contribution in [0, 0.1) is 0 Å². The van der Waals surface area contributed by atoms with Gasteiger partial charge in [0.15, 0.2) is 6.04 Å². The number of rotatable bonds is 20. The summed E-state index contributed by atoms with van der Waals surface area (Å²) in [6, 6.07) is -1.53. The van der Waals surface area contributed by atoms with E-state index in [0.29, 0.717) is 6.42 Å². The highest BCUT2D eigenvalue weighted by Crippen LogP contribution is 2.43. The molecule has 0 saturated heterocycles. The molecule has 0 saturated carbocycles. The number of aliphatic carboxylic acids is 1. The van der Waals surface area contributed by atoms with Crippen molar-refractivity contribution < 1.29 is 47.8 Å². The number of aliphatic hydroxyl groups is 1. The number of hydrogen-bond donors (Lipinski definition) is 4. The Kier molecular flexibility index (Phi) is 17.1. The van der Waals surface area contributed by atoms with E-state index in [1.807, 2.05) is 0 Å². The number of aliphatic hydroxyl groups excluding tert-OH is 1. The molecule has 0 radical (unpaired) electrons. The Morgan fingerprint density at radius 2 is 1.47 bits per heavy atom. The highest BCUT2D eigenvalue weighted by molar-refractivity contribution is 7.47. The lowest BCUT2D eigenvalue weighted by Crippen LogP contribution is -2.43. The van der Waals surface area contributed by atoms with Crippen molar-refractivity contribution in [3.8, 4) is 0 Å². The second kappa shape index (κ2) is 18.0. The molecule has 0 aliphatic rings. The lowest BCUT2D eigenvalue weighted by molar-refractivity contribution is -0.146. The molecule has 188 valence electrons. The van der Waals surface area contributed by atoms with Crippen molar-refractivity contribution in [1.29, 1.82) is 0 Å². The third kappa shape index (κ3) is 17.1. The summed E-state index contributed by atoms with van der Waals surface area (Å²) in [7, 11) is -4.69. The number of ether oxygens (including phenoxy) is 1. The number of unbranched alkanes of at least 4 members (excludes halogenated alkanes) is 7. The Bertz CT molecular complexity index is 601. The van der Waals surface area contributed by atoms with Crippen molar-refractivity contribution in [2.75, 3.05) is 19.8 Å². The molecular formula is C20H38NO10P. The zero-order chi connectivity index (χ0) is 24.4. The van der Waals surface area contributed by atoms with Crippen molar-refractivity contribution >= 4 is 25.7 Å². The van der Waals surface area contributed by atoms with Crippen LogP contribution in [0.4, 0.5) is 0 Å². The largest absolute Gasteiger partial charge is 0.480 e. The van der Waals surface area contributed by atoms with Crippen molar-refractivity contribution in [2.24, 2.45) is 0 Å². The van der Waals surface area contributed by atoms with Crippen LogP contribution >= 0.6 is 7.82 Å². The average Bonchev–Trinajstić information content (AvgIpc) is 2.75. The second-order valence-electron chi connectivity index (χ2n) is 7.43. The normalized spacial score (nSPS) is 14.9. The molecule has 3 atom stereocenters. The highest BCUT2D eigenvalue weighted by Gasteiger charge is 2.28. The van der Waals surface area contributed by atoms with Gasteiger partial charge in [0.05, 0.1) is 13.2 Å². The Morgan fingerprint density at radius 1 is 0.906 bits per heavy atom. The van der Waals surface area contributed by atoms with Crippen LogP contribution in [0.25, 0.3) is 0 Å². The molecule has 0 aliphatic heterocycles. The van der Waals surface area contributed by atoms with E-state index < -0.39 is 57.6 Å². The van der Waals surface area contributed by atoms with Gasteiger partial charge in [-0.3, -0.25) is 18.6 Å². The zero-order valence-electron chi connectivity index (χ0n) is 19.0. The number of phosphoric acid groups is 1. The maximum atomic E-state index is 12.0. The first-order valence-electron chi connectivity index (χ1n) is 11.1. The molecular weight excluding hydrogens is 445 g/mol. The molecule has 32 heavy (non-hydrogen) atoms. The summed E-state index contributed by atoms with van der Waals surface area (Å²) in [5.74, 6) is -2.48. The predicted molar refractivity (Wildman–Crippen MR) is 116 cm³/mol. The van der Waals surface area contributed by atoms with E-state index in [1.165, 1.54) is 25.7 Å². The summed E-state index contributed by atoms with van der Waals surface area (Å²) in [6.45, 7) is 1.81. The maximum Gasteiger partial charge on any atom is 0.472 e. The van der Waals surface area contributed by atoms with Gasteiger partial charge in [-0.05, 0) is 6.42 Å². The van der Waals surface area contributed by atoms with E-state index in [1.54, 1.807) is 6.92 Å². The van der Waals surface area contributed by atoms with Crippen LogP contribution in [0.1, 0.15) is 78.1 Å². The van der Waals surface area contributed by atoms with Crippen molar-refractivity contribution in [3.05, 3.63) is 0 Å². The summed E-state index contributed by atoms with van der Waals surface area (Å²) < 4.78 is 25.7. The van der Waals surface area contributed by atoms with Crippen LogP contribution in [0.15, 0.2) is 0 Å². The number of carbonyl (C=O) groups is 3. The van der Waals surface area contributed by atoms with Crippen LogP contribution in [-0.4, -0.2) is 64.9 Å². The minimum Gasteiger partial charge on any atom is -0.480 e. The number of nitrogens with one attached hydrogen (secondary N) is 1. The smallest absolute Gasteiger partial charge is 0.472 e. The average molecular weight is 483 g/mol. The molecule has 0 aromatic heterocycles. The third-order valence-corrected chi connectivity index (χ3v) is 5.40. The Hall–Kier alpha value is -1.52. The summed E-state index contributed by atoms with van der Waals surface area (Å²) >= 11 is 0. The number of carboxylic acid groups (broad SMARTS) is 1. The fraction of sp³-hybridized carbons (Fsp3) is 0.850. The van der Waals surface area contributed by atoms with Gasteiger partial charge in [0.1, 0.15) is 12.7 Å². The van der Waals surface area contributed by atoms with Gasteiger partial charge in [0.25, 0.3) is 0 Å². The van der Waals surface area contributed by atoms with Crippen LogP contribution in [0.5, 0.6) is 0 Å². The van der Waals surface area contributed by atoms with Crippen molar-refractivity contribution in [3.63, 3.8) is 0 Å². The molecule has 0 heterocycles. The van der Waals surface area contributed by atoms with Gasteiger partial charge in [-0.2, -0.15) is 0 Å². The van der Waals surface area contributed by atoms with Gasteiger partial charge >= 0.3 is 19.8 Å². The molecule has 0 fully saturated rings. The molecule has 0 aliphatic carbocycles. The van der Waals surface area contributed by atoms with Gasteiger partial charge in [-0.15, -0.1) is 0 Å². The summed E-state index contributed by atoms with van der Waals surface area (Å²) in [4.78, 5) is 43.9. The Balaban J connectivity index is 4.19. The zero-order valence-corrected chi connectivity index (χ0v) is 19.9. The van der Waals surface area contributed by atoms with Gasteiger partial charge in [0, 0.05) is 12.8 Å². The molecule has 0 aromatic rings.